The van der Waals surface area contributed by atoms with Crippen LogP contribution in [0.3, 0.4) is 0 Å². The summed E-state index contributed by atoms with van der Waals surface area (Å²) >= 11 is 0. The van der Waals surface area contributed by atoms with Gasteiger partial charge in [-0.3, -0.25) is 4.79 Å². The standard InChI is InChI=1S/C12H16N2O3.ClH/c1-9(12(16)17-2)14-11(15)8-13-10-6-4-3-5-7-10;/h3-7,9,13H,8H2,1-2H3,(H,14,15);1H/t9-;/m0./s1. The molecule has 0 aliphatic heterocycles. The molecule has 1 aromatic rings. The van der Waals surface area contributed by atoms with Crippen molar-refractivity contribution in [3.8, 4) is 0 Å². The van der Waals surface area contributed by atoms with Gasteiger partial charge in [0.25, 0.3) is 0 Å². The molecule has 0 heterocycles. The van der Waals surface area contributed by atoms with Gasteiger partial charge in [-0.2, -0.15) is 0 Å². The lowest BCUT2D eigenvalue weighted by atomic mass is 10.3. The summed E-state index contributed by atoms with van der Waals surface area (Å²) in [4.78, 5) is 22.5. The molecule has 0 aliphatic rings. The first-order valence-electron chi connectivity index (χ1n) is 5.29. The van der Waals surface area contributed by atoms with Crippen molar-refractivity contribution in [3.63, 3.8) is 0 Å². The molecule has 1 rings (SSSR count). The van der Waals surface area contributed by atoms with E-state index in [9.17, 15) is 9.59 Å². The zero-order valence-electron chi connectivity index (χ0n) is 10.3. The highest BCUT2D eigenvalue weighted by Gasteiger charge is 2.15. The van der Waals surface area contributed by atoms with Crippen molar-refractivity contribution < 1.29 is 14.3 Å². The highest BCUT2D eigenvalue weighted by atomic mass is 35.5. The van der Waals surface area contributed by atoms with E-state index in [1.165, 1.54) is 7.11 Å². The maximum absolute atomic E-state index is 11.5. The molecule has 1 amide bonds. The van der Waals surface area contributed by atoms with E-state index in [0.717, 1.165) is 5.69 Å². The summed E-state index contributed by atoms with van der Waals surface area (Å²) in [6, 6.07) is 8.72. The predicted octanol–water partition coefficient (Wildman–Crippen LogP) is 1.20. The molecule has 0 saturated carbocycles. The Bertz CT molecular complexity index is 384. The van der Waals surface area contributed by atoms with Crippen molar-refractivity contribution >= 4 is 30.0 Å². The van der Waals surface area contributed by atoms with E-state index in [1.807, 2.05) is 30.3 Å². The number of ether oxygens (including phenoxy) is 1. The number of hydrogen-bond donors (Lipinski definition) is 2. The molecule has 2 N–H and O–H groups in total. The zero-order valence-corrected chi connectivity index (χ0v) is 11.1. The van der Waals surface area contributed by atoms with E-state index in [4.69, 9.17) is 0 Å². The number of rotatable bonds is 5. The molecular formula is C12H17ClN2O3. The summed E-state index contributed by atoms with van der Waals surface area (Å²) < 4.78 is 4.50. The summed E-state index contributed by atoms with van der Waals surface area (Å²) in [5.74, 6) is -0.718. The molecule has 0 aromatic heterocycles. The number of hydrogen-bond acceptors (Lipinski definition) is 4. The van der Waals surface area contributed by atoms with Crippen LogP contribution in [-0.2, 0) is 14.3 Å². The van der Waals surface area contributed by atoms with Crippen molar-refractivity contribution in [2.24, 2.45) is 0 Å². The fourth-order valence-electron chi connectivity index (χ4n) is 1.27. The first kappa shape index (κ1) is 16.2. The van der Waals surface area contributed by atoms with Gasteiger partial charge in [-0.15, -0.1) is 12.4 Å². The van der Waals surface area contributed by atoms with E-state index in [1.54, 1.807) is 6.92 Å². The Morgan fingerprint density at radius 1 is 1.28 bits per heavy atom. The molecule has 0 bridgehead atoms. The maximum Gasteiger partial charge on any atom is 0.328 e. The van der Waals surface area contributed by atoms with Crippen molar-refractivity contribution in [2.75, 3.05) is 19.0 Å². The molecular weight excluding hydrogens is 256 g/mol. The minimum absolute atomic E-state index is 0. The highest BCUT2D eigenvalue weighted by Crippen LogP contribution is 2.03. The van der Waals surface area contributed by atoms with Crippen molar-refractivity contribution in [1.82, 2.24) is 5.32 Å². The Labute approximate surface area is 112 Å². The van der Waals surface area contributed by atoms with Crippen LogP contribution in [0.5, 0.6) is 0 Å². The van der Waals surface area contributed by atoms with Gasteiger partial charge in [0.2, 0.25) is 5.91 Å². The molecule has 0 radical (unpaired) electrons. The molecule has 5 nitrogen and oxygen atoms in total. The lowest BCUT2D eigenvalue weighted by Gasteiger charge is -2.12. The average Bonchev–Trinajstić information content (AvgIpc) is 2.36. The average molecular weight is 273 g/mol. The van der Waals surface area contributed by atoms with Crippen LogP contribution in [-0.4, -0.2) is 31.6 Å². The van der Waals surface area contributed by atoms with Gasteiger partial charge < -0.3 is 15.4 Å². The molecule has 1 aromatic carbocycles. The molecule has 0 spiro atoms. The number of carbonyl (C=O) groups is 2. The number of carbonyl (C=O) groups excluding carboxylic acids is 2. The van der Waals surface area contributed by atoms with Crippen LogP contribution >= 0.6 is 12.4 Å². The van der Waals surface area contributed by atoms with Crippen LogP contribution in [0.4, 0.5) is 5.69 Å². The number of methoxy groups -OCH3 is 1. The molecule has 0 unspecified atom stereocenters. The van der Waals surface area contributed by atoms with Gasteiger partial charge >= 0.3 is 5.97 Å². The van der Waals surface area contributed by atoms with E-state index >= 15 is 0 Å². The van der Waals surface area contributed by atoms with Crippen LogP contribution in [0, 0.1) is 0 Å². The second-order valence-electron chi connectivity index (χ2n) is 3.53. The second kappa shape index (κ2) is 8.36. The monoisotopic (exact) mass is 272 g/mol. The highest BCUT2D eigenvalue weighted by molar-refractivity contribution is 5.86. The molecule has 100 valence electrons. The Kier molecular flexibility index (Phi) is 7.54. The minimum atomic E-state index is -0.634. The Hall–Kier alpha value is -1.75. The number of halogens is 1. The molecule has 18 heavy (non-hydrogen) atoms. The van der Waals surface area contributed by atoms with E-state index < -0.39 is 12.0 Å². The summed E-state index contributed by atoms with van der Waals surface area (Å²) in [6.07, 6.45) is 0. The summed E-state index contributed by atoms with van der Waals surface area (Å²) in [7, 11) is 1.28. The number of benzene rings is 1. The quantitative estimate of drug-likeness (QED) is 0.791. The van der Waals surface area contributed by atoms with Gasteiger partial charge in [-0.1, -0.05) is 18.2 Å². The first-order chi connectivity index (χ1) is 8.13. The van der Waals surface area contributed by atoms with Crippen LogP contribution in [0.15, 0.2) is 30.3 Å². The summed E-state index contributed by atoms with van der Waals surface area (Å²) in [5.41, 5.74) is 0.855. The fraction of sp³-hybridized carbons (Fsp3) is 0.333. The van der Waals surface area contributed by atoms with Crippen molar-refractivity contribution in [1.29, 1.82) is 0 Å². The first-order valence-corrected chi connectivity index (χ1v) is 5.29. The van der Waals surface area contributed by atoms with Gasteiger partial charge in [0.05, 0.1) is 13.7 Å². The normalized spacial score (nSPS) is 10.8. The van der Waals surface area contributed by atoms with Crippen molar-refractivity contribution in [3.05, 3.63) is 30.3 Å². The van der Waals surface area contributed by atoms with Gasteiger partial charge in [-0.25, -0.2) is 4.79 Å². The van der Waals surface area contributed by atoms with Gasteiger partial charge in [0, 0.05) is 5.69 Å². The largest absolute Gasteiger partial charge is 0.467 e. The predicted molar refractivity (Wildman–Crippen MR) is 71.8 cm³/mol. The maximum atomic E-state index is 11.5. The molecule has 0 fully saturated rings. The Morgan fingerprint density at radius 3 is 2.44 bits per heavy atom. The van der Waals surface area contributed by atoms with Crippen LogP contribution in [0.25, 0.3) is 0 Å². The van der Waals surface area contributed by atoms with Crippen LogP contribution < -0.4 is 10.6 Å². The lowest BCUT2D eigenvalue weighted by Crippen LogP contribution is -2.41. The topological polar surface area (TPSA) is 67.4 Å². The third-order valence-electron chi connectivity index (χ3n) is 2.16. The fourth-order valence-corrected chi connectivity index (χ4v) is 1.27. The van der Waals surface area contributed by atoms with Gasteiger partial charge in [-0.05, 0) is 19.1 Å². The van der Waals surface area contributed by atoms with Gasteiger partial charge in [0.1, 0.15) is 6.04 Å². The lowest BCUT2D eigenvalue weighted by molar-refractivity contribution is -0.144. The minimum Gasteiger partial charge on any atom is -0.467 e. The number of anilines is 1. The molecule has 0 aliphatic carbocycles. The van der Waals surface area contributed by atoms with Crippen LogP contribution in [0.2, 0.25) is 0 Å². The Balaban J connectivity index is 0.00000289. The van der Waals surface area contributed by atoms with E-state index in [0.29, 0.717) is 0 Å². The summed E-state index contributed by atoms with van der Waals surface area (Å²) in [6.45, 7) is 1.69. The number of amides is 1. The number of esters is 1. The van der Waals surface area contributed by atoms with Crippen LogP contribution in [0.1, 0.15) is 6.92 Å². The zero-order chi connectivity index (χ0) is 12.7. The Morgan fingerprint density at radius 2 is 1.89 bits per heavy atom. The third-order valence-corrected chi connectivity index (χ3v) is 2.16. The molecule has 6 heteroatoms. The van der Waals surface area contributed by atoms with E-state index in [-0.39, 0.29) is 24.9 Å². The summed E-state index contributed by atoms with van der Waals surface area (Å²) in [5, 5.41) is 5.47. The van der Waals surface area contributed by atoms with Gasteiger partial charge in [0.15, 0.2) is 0 Å². The number of nitrogens with one attached hydrogen (secondary N) is 2. The SMILES string of the molecule is COC(=O)[C@H](C)NC(=O)CNc1ccccc1.Cl. The smallest absolute Gasteiger partial charge is 0.328 e. The van der Waals surface area contributed by atoms with E-state index in [2.05, 4.69) is 15.4 Å². The number of para-hydroxylation sites is 1. The third kappa shape index (κ3) is 5.54. The molecule has 0 saturated heterocycles. The molecule has 1 atom stereocenters. The second-order valence-corrected chi connectivity index (χ2v) is 3.53. The van der Waals surface area contributed by atoms with Crippen molar-refractivity contribution in [2.45, 2.75) is 13.0 Å².